The van der Waals surface area contributed by atoms with Crippen LogP contribution in [0, 0.1) is 5.92 Å². The van der Waals surface area contributed by atoms with Crippen molar-refractivity contribution in [1.82, 2.24) is 20.9 Å². The van der Waals surface area contributed by atoms with Gasteiger partial charge < -0.3 is 35.4 Å². The smallest absolute Gasteiger partial charge is 0.408 e. The number of ether oxygens (including phenoxy) is 2. The van der Waals surface area contributed by atoms with E-state index in [1.54, 1.807) is 37.8 Å². The fourth-order valence-corrected chi connectivity index (χ4v) is 6.05. The van der Waals surface area contributed by atoms with Gasteiger partial charge in [0.1, 0.15) is 17.7 Å². The number of likely N-dealkylation sites (tertiary alicyclic amines) is 1. The molecule has 4 amide bonds. The highest BCUT2D eigenvalue weighted by Gasteiger charge is 2.41. The van der Waals surface area contributed by atoms with Gasteiger partial charge in [0.25, 0.3) is 0 Å². The molecule has 48 heavy (non-hydrogen) atoms. The summed E-state index contributed by atoms with van der Waals surface area (Å²) in [7, 11) is 1.51. The van der Waals surface area contributed by atoms with E-state index in [0.717, 1.165) is 11.1 Å². The minimum absolute atomic E-state index is 0.0754. The number of aliphatic hydroxyl groups excluding tert-OH is 1. The zero-order valence-electron chi connectivity index (χ0n) is 28.7. The van der Waals surface area contributed by atoms with E-state index in [-0.39, 0.29) is 32.1 Å². The molecule has 11 nitrogen and oxygen atoms in total. The zero-order valence-corrected chi connectivity index (χ0v) is 29.5. The first-order chi connectivity index (χ1) is 22.7. The molecule has 2 aromatic carbocycles. The van der Waals surface area contributed by atoms with Crippen molar-refractivity contribution < 1.29 is 33.8 Å². The van der Waals surface area contributed by atoms with Crippen LogP contribution in [0.3, 0.4) is 0 Å². The van der Waals surface area contributed by atoms with Gasteiger partial charge in [0, 0.05) is 44.4 Å². The minimum atomic E-state index is -0.978. The molecule has 0 bridgehead atoms. The number of aliphatic hydroxyl groups is 1. The Morgan fingerprint density at radius 1 is 0.979 bits per heavy atom. The molecule has 1 saturated heterocycles. The van der Waals surface area contributed by atoms with E-state index in [1.807, 2.05) is 42.5 Å². The second-order valence-corrected chi connectivity index (χ2v) is 14.0. The third-order valence-corrected chi connectivity index (χ3v) is 8.51. The lowest BCUT2D eigenvalue weighted by molar-refractivity contribution is -0.140. The number of hydrogen-bond donors (Lipinski definition) is 4. The highest BCUT2D eigenvalue weighted by atomic mass is 35.5. The number of carbonyl (C=O) groups is 4. The monoisotopic (exact) mass is 686 g/mol. The summed E-state index contributed by atoms with van der Waals surface area (Å²) in [5.41, 5.74) is 0.340. The van der Waals surface area contributed by atoms with Crippen LogP contribution < -0.4 is 16.0 Å². The van der Waals surface area contributed by atoms with Crippen LogP contribution >= 0.6 is 11.6 Å². The Labute approximate surface area is 289 Å². The summed E-state index contributed by atoms with van der Waals surface area (Å²) in [6, 6.07) is 15.1. The molecule has 4 N–H and O–H groups in total. The number of halogens is 1. The minimum Gasteiger partial charge on any atom is -0.444 e. The standard InChI is InChI=1S/C36H51ClN4O7/c1-25(38-34(46)48-35(2,3)4)31(43)39-30(17-21-47-5)32(44)40-36(23-27-12-14-29(37)15-13-27)18-9-19-41(24-36)33(45)28(16-20-42)22-26-10-7-6-8-11-26/h6-8,10-15,25,28,30,42H,9,16-24H2,1-5H3,(H,38,46)(H,39,43)(H,40,44)/t25-,28-,30-,36+/m0/s1. The van der Waals surface area contributed by atoms with Gasteiger partial charge in [0.2, 0.25) is 17.7 Å². The Morgan fingerprint density at radius 2 is 1.67 bits per heavy atom. The lowest BCUT2D eigenvalue weighted by Crippen LogP contribution is -2.64. The van der Waals surface area contributed by atoms with E-state index < -0.39 is 47.0 Å². The molecular formula is C36H51ClN4O7. The van der Waals surface area contributed by atoms with Crippen molar-refractivity contribution >= 4 is 35.4 Å². The number of nitrogens with zero attached hydrogens (tertiary/aromatic N) is 1. The number of alkyl carbamates (subject to hydrolysis) is 1. The number of carbonyl (C=O) groups excluding carboxylic acids is 4. The highest BCUT2D eigenvalue weighted by Crippen LogP contribution is 2.29. The maximum Gasteiger partial charge on any atom is 0.408 e. The quantitative estimate of drug-likeness (QED) is 0.221. The second-order valence-electron chi connectivity index (χ2n) is 13.5. The molecule has 4 atom stereocenters. The van der Waals surface area contributed by atoms with E-state index in [0.29, 0.717) is 43.7 Å². The number of hydrogen-bond acceptors (Lipinski definition) is 7. The maximum absolute atomic E-state index is 14.0. The van der Waals surface area contributed by atoms with E-state index >= 15 is 0 Å². The Balaban J connectivity index is 1.84. The number of benzene rings is 2. The first-order valence-electron chi connectivity index (χ1n) is 16.5. The Hall–Kier alpha value is -3.67. The fraction of sp³-hybridized carbons (Fsp3) is 0.556. The first-order valence-corrected chi connectivity index (χ1v) is 16.9. The van der Waals surface area contributed by atoms with Crippen LogP contribution in [0.1, 0.15) is 64.5 Å². The van der Waals surface area contributed by atoms with Crippen LogP contribution in [0.5, 0.6) is 0 Å². The summed E-state index contributed by atoms with van der Waals surface area (Å²) >= 11 is 6.17. The molecule has 2 aromatic rings. The van der Waals surface area contributed by atoms with Crippen LogP contribution in [0.2, 0.25) is 5.02 Å². The predicted octanol–water partition coefficient (Wildman–Crippen LogP) is 4.04. The van der Waals surface area contributed by atoms with Crippen LogP contribution in [-0.2, 0) is 36.7 Å². The first kappa shape index (κ1) is 38.8. The zero-order chi connectivity index (χ0) is 35.3. The molecule has 12 heteroatoms. The van der Waals surface area contributed by atoms with Crippen molar-refractivity contribution in [2.75, 3.05) is 33.4 Å². The topological polar surface area (TPSA) is 146 Å². The fourth-order valence-electron chi connectivity index (χ4n) is 5.93. The van der Waals surface area contributed by atoms with Crippen LogP contribution in [0.25, 0.3) is 0 Å². The summed E-state index contributed by atoms with van der Waals surface area (Å²) in [5.74, 6) is -1.48. The Kier molecular flexibility index (Phi) is 14.7. The van der Waals surface area contributed by atoms with Crippen molar-refractivity contribution in [3.8, 4) is 0 Å². The van der Waals surface area contributed by atoms with Crippen molar-refractivity contribution in [3.05, 3.63) is 70.7 Å². The molecule has 1 fully saturated rings. The summed E-state index contributed by atoms with van der Waals surface area (Å²) in [6.45, 7) is 7.52. The van der Waals surface area contributed by atoms with Gasteiger partial charge in [0.15, 0.2) is 0 Å². The molecule has 0 radical (unpaired) electrons. The SMILES string of the molecule is COCC[C@H](NC(=O)[C@H](C)NC(=O)OC(C)(C)C)C(=O)N[C@@]1(Cc2ccc(Cl)cc2)CCCN(C(=O)[C@@H](CCO)Cc2ccccc2)C1. The largest absolute Gasteiger partial charge is 0.444 e. The average Bonchev–Trinajstić information content (AvgIpc) is 3.03. The van der Waals surface area contributed by atoms with Gasteiger partial charge in [-0.15, -0.1) is 0 Å². The van der Waals surface area contributed by atoms with E-state index in [2.05, 4.69) is 16.0 Å². The number of amides is 4. The molecule has 0 spiro atoms. The van der Waals surface area contributed by atoms with Gasteiger partial charge in [-0.1, -0.05) is 54.1 Å². The average molecular weight is 687 g/mol. The third kappa shape index (κ3) is 12.4. The number of rotatable bonds is 15. The van der Waals surface area contributed by atoms with Crippen LogP contribution in [-0.4, -0.2) is 90.5 Å². The van der Waals surface area contributed by atoms with Gasteiger partial charge in [-0.25, -0.2) is 4.79 Å². The second kappa shape index (κ2) is 18.2. The summed E-state index contributed by atoms with van der Waals surface area (Å²) in [5, 5.41) is 18.9. The van der Waals surface area contributed by atoms with Gasteiger partial charge in [-0.05, 0) is 89.5 Å². The molecule has 1 aliphatic heterocycles. The molecule has 264 valence electrons. The lowest BCUT2D eigenvalue weighted by Gasteiger charge is -2.45. The number of methoxy groups -OCH3 is 1. The molecule has 3 rings (SSSR count). The molecule has 1 aliphatic rings. The molecule has 0 unspecified atom stereocenters. The number of nitrogens with one attached hydrogen (secondary N) is 3. The lowest BCUT2D eigenvalue weighted by atomic mass is 9.81. The van der Waals surface area contributed by atoms with Crippen molar-refractivity contribution in [2.45, 2.75) is 89.4 Å². The van der Waals surface area contributed by atoms with Crippen LogP contribution in [0.4, 0.5) is 4.79 Å². The van der Waals surface area contributed by atoms with Gasteiger partial charge in [0.05, 0.1) is 5.54 Å². The van der Waals surface area contributed by atoms with Gasteiger partial charge in [-0.3, -0.25) is 14.4 Å². The summed E-state index contributed by atoms with van der Waals surface area (Å²) in [6.07, 6.45) is 1.91. The molecule has 0 saturated carbocycles. The highest BCUT2D eigenvalue weighted by molar-refractivity contribution is 6.30. The van der Waals surface area contributed by atoms with Gasteiger partial charge in [-0.2, -0.15) is 0 Å². The van der Waals surface area contributed by atoms with Crippen molar-refractivity contribution in [2.24, 2.45) is 5.92 Å². The predicted molar refractivity (Wildman–Crippen MR) is 184 cm³/mol. The normalized spacial score (nSPS) is 18.3. The molecule has 0 aliphatic carbocycles. The number of piperidine rings is 1. The van der Waals surface area contributed by atoms with E-state index in [4.69, 9.17) is 21.1 Å². The Bertz CT molecular complexity index is 1350. The van der Waals surface area contributed by atoms with Crippen molar-refractivity contribution in [3.63, 3.8) is 0 Å². The third-order valence-electron chi connectivity index (χ3n) is 8.25. The van der Waals surface area contributed by atoms with E-state index in [9.17, 15) is 24.3 Å². The van der Waals surface area contributed by atoms with Gasteiger partial charge >= 0.3 is 6.09 Å². The summed E-state index contributed by atoms with van der Waals surface area (Å²) < 4.78 is 10.5. The Morgan fingerprint density at radius 3 is 2.29 bits per heavy atom. The molecular weight excluding hydrogens is 636 g/mol. The van der Waals surface area contributed by atoms with Crippen LogP contribution in [0.15, 0.2) is 54.6 Å². The van der Waals surface area contributed by atoms with Crippen molar-refractivity contribution in [1.29, 1.82) is 0 Å². The summed E-state index contributed by atoms with van der Waals surface area (Å²) in [4.78, 5) is 55.3. The maximum atomic E-state index is 14.0. The molecule has 0 aromatic heterocycles. The van der Waals surface area contributed by atoms with E-state index in [1.165, 1.54) is 14.0 Å². The molecule has 1 heterocycles.